The van der Waals surface area contributed by atoms with Crippen molar-refractivity contribution in [3.05, 3.63) is 22.2 Å². The zero-order valence-electron chi connectivity index (χ0n) is 8.58. The number of aromatic nitrogens is 2. The summed E-state index contributed by atoms with van der Waals surface area (Å²) < 4.78 is 0. The van der Waals surface area contributed by atoms with E-state index in [0.29, 0.717) is 5.92 Å². The molecule has 1 aromatic heterocycles. The van der Waals surface area contributed by atoms with Crippen molar-refractivity contribution in [2.24, 2.45) is 0 Å². The first-order valence-corrected chi connectivity index (χ1v) is 5.03. The average Bonchev–Trinajstić information content (AvgIpc) is 2.98. The molecule has 76 valence electrons. The molecule has 0 spiro atoms. The van der Waals surface area contributed by atoms with Gasteiger partial charge in [0.1, 0.15) is 11.6 Å². The highest BCUT2D eigenvalue weighted by atomic mass is 16.1. The Labute approximate surface area is 83.0 Å². The number of hydrogen-bond donors (Lipinski definition) is 1. The lowest BCUT2D eigenvalue weighted by Crippen LogP contribution is -2.21. The Balaban J connectivity index is 2.35. The fourth-order valence-corrected chi connectivity index (χ4v) is 1.37. The van der Waals surface area contributed by atoms with Crippen LogP contribution in [0.4, 0.5) is 5.82 Å². The molecular formula is C10H15N3O. The number of anilines is 1. The second-order valence-electron chi connectivity index (χ2n) is 3.78. The maximum Gasteiger partial charge on any atom is 0.252 e. The van der Waals surface area contributed by atoms with E-state index >= 15 is 0 Å². The molecule has 0 atom stereocenters. The van der Waals surface area contributed by atoms with E-state index in [1.54, 1.807) is 6.07 Å². The number of H-pyrrole nitrogens is 1. The van der Waals surface area contributed by atoms with E-state index in [-0.39, 0.29) is 5.56 Å². The predicted octanol–water partition coefficient (Wildman–Crippen LogP) is 1.10. The van der Waals surface area contributed by atoms with Crippen LogP contribution in [-0.2, 0) is 0 Å². The normalized spacial score (nSPS) is 15.6. The van der Waals surface area contributed by atoms with Gasteiger partial charge in [0.2, 0.25) is 0 Å². The molecule has 4 heteroatoms. The van der Waals surface area contributed by atoms with Gasteiger partial charge in [0.15, 0.2) is 0 Å². The molecule has 0 unspecified atom stereocenters. The van der Waals surface area contributed by atoms with Crippen molar-refractivity contribution in [2.45, 2.75) is 25.7 Å². The first-order valence-electron chi connectivity index (χ1n) is 5.03. The van der Waals surface area contributed by atoms with Gasteiger partial charge in [-0.15, -0.1) is 0 Å². The molecule has 1 aliphatic rings. The van der Waals surface area contributed by atoms with Crippen LogP contribution in [0.1, 0.15) is 31.5 Å². The minimum atomic E-state index is -0.0443. The molecule has 1 aliphatic carbocycles. The van der Waals surface area contributed by atoms with Crippen LogP contribution in [0.5, 0.6) is 0 Å². The zero-order valence-corrected chi connectivity index (χ0v) is 8.58. The van der Waals surface area contributed by atoms with Crippen molar-refractivity contribution in [3.63, 3.8) is 0 Å². The molecule has 0 aliphatic heterocycles. The van der Waals surface area contributed by atoms with Crippen LogP contribution in [0.3, 0.4) is 0 Å². The lowest BCUT2D eigenvalue weighted by molar-refractivity contribution is 0.862. The average molecular weight is 193 g/mol. The summed E-state index contributed by atoms with van der Waals surface area (Å²) in [6.45, 7) is 2.90. The number of nitrogens with zero attached hydrogens (tertiary/aromatic N) is 2. The van der Waals surface area contributed by atoms with E-state index < -0.39 is 0 Å². The summed E-state index contributed by atoms with van der Waals surface area (Å²) in [6, 6.07) is 1.55. The third-order valence-electron chi connectivity index (χ3n) is 2.58. The van der Waals surface area contributed by atoms with Crippen LogP contribution in [0.2, 0.25) is 0 Å². The highest BCUT2D eigenvalue weighted by Crippen LogP contribution is 2.37. The van der Waals surface area contributed by atoms with E-state index in [2.05, 4.69) is 9.97 Å². The largest absolute Gasteiger partial charge is 0.360 e. The van der Waals surface area contributed by atoms with Gasteiger partial charge >= 0.3 is 0 Å². The first-order chi connectivity index (χ1) is 6.70. The van der Waals surface area contributed by atoms with Crippen LogP contribution in [0.25, 0.3) is 0 Å². The molecule has 0 saturated heterocycles. The van der Waals surface area contributed by atoms with Crippen LogP contribution in [0.15, 0.2) is 10.9 Å². The maximum atomic E-state index is 11.3. The van der Waals surface area contributed by atoms with Crippen molar-refractivity contribution in [1.29, 1.82) is 0 Å². The highest BCUT2D eigenvalue weighted by Gasteiger charge is 2.26. The second-order valence-corrected chi connectivity index (χ2v) is 3.78. The molecule has 1 saturated carbocycles. The van der Waals surface area contributed by atoms with Crippen LogP contribution in [-0.4, -0.2) is 23.6 Å². The Bertz CT molecular complexity index is 381. The van der Waals surface area contributed by atoms with Crippen molar-refractivity contribution in [3.8, 4) is 0 Å². The van der Waals surface area contributed by atoms with Gasteiger partial charge < -0.3 is 9.88 Å². The van der Waals surface area contributed by atoms with Gasteiger partial charge in [-0.05, 0) is 19.8 Å². The second kappa shape index (κ2) is 3.44. The van der Waals surface area contributed by atoms with Gasteiger partial charge in [-0.1, -0.05) is 0 Å². The van der Waals surface area contributed by atoms with Crippen molar-refractivity contribution in [1.82, 2.24) is 9.97 Å². The summed E-state index contributed by atoms with van der Waals surface area (Å²) >= 11 is 0. The third kappa shape index (κ3) is 1.78. The molecule has 14 heavy (non-hydrogen) atoms. The Kier molecular flexibility index (Phi) is 2.27. The van der Waals surface area contributed by atoms with E-state index in [0.717, 1.165) is 31.0 Å². The van der Waals surface area contributed by atoms with Gasteiger partial charge in [-0.3, -0.25) is 4.79 Å². The Morgan fingerprint density at radius 3 is 2.93 bits per heavy atom. The van der Waals surface area contributed by atoms with Crippen LogP contribution >= 0.6 is 0 Å². The van der Waals surface area contributed by atoms with E-state index in [9.17, 15) is 4.79 Å². The Morgan fingerprint density at radius 1 is 1.64 bits per heavy atom. The first kappa shape index (κ1) is 9.24. The van der Waals surface area contributed by atoms with E-state index in [1.807, 2.05) is 18.9 Å². The predicted molar refractivity (Wildman–Crippen MR) is 55.8 cm³/mol. The van der Waals surface area contributed by atoms with Gasteiger partial charge in [-0.25, -0.2) is 4.98 Å². The zero-order chi connectivity index (χ0) is 10.1. The molecule has 0 aromatic carbocycles. The number of aromatic amines is 1. The number of nitrogens with one attached hydrogen (secondary N) is 1. The van der Waals surface area contributed by atoms with Gasteiger partial charge in [0.05, 0.1) is 0 Å². The van der Waals surface area contributed by atoms with Crippen molar-refractivity contribution < 1.29 is 0 Å². The Morgan fingerprint density at radius 2 is 2.36 bits per heavy atom. The fraction of sp³-hybridized carbons (Fsp3) is 0.600. The lowest BCUT2D eigenvalue weighted by Gasteiger charge is -2.15. The third-order valence-corrected chi connectivity index (χ3v) is 2.58. The van der Waals surface area contributed by atoms with Crippen molar-refractivity contribution in [2.75, 3.05) is 18.5 Å². The molecule has 0 radical (unpaired) electrons. The summed E-state index contributed by atoms with van der Waals surface area (Å²) in [5.74, 6) is 2.12. The van der Waals surface area contributed by atoms with Gasteiger partial charge in [0.25, 0.3) is 5.56 Å². The summed E-state index contributed by atoms with van der Waals surface area (Å²) in [6.07, 6.45) is 2.31. The van der Waals surface area contributed by atoms with Crippen LogP contribution in [0, 0.1) is 0 Å². The molecule has 0 amide bonds. The minimum absolute atomic E-state index is 0.0443. The van der Waals surface area contributed by atoms with E-state index in [4.69, 9.17) is 0 Å². The smallest absolute Gasteiger partial charge is 0.252 e. The summed E-state index contributed by atoms with van der Waals surface area (Å²) in [5.41, 5.74) is -0.0443. The van der Waals surface area contributed by atoms with Crippen molar-refractivity contribution >= 4 is 5.82 Å². The topological polar surface area (TPSA) is 49.0 Å². The molecular weight excluding hydrogens is 178 g/mol. The summed E-state index contributed by atoms with van der Waals surface area (Å²) in [7, 11) is 1.94. The SMILES string of the molecule is CCN(C)c1cc(=O)[nH]c(C2CC2)n1. The van der Waals surface area contributed by atoms with Gasteiger partial charge in [0, 0.05) is 25.6 Å². The fourth-order valence-electron chi connectivity index (χ4n) is 1.37. The molecule has 1 N–H and O–H groups in total. The molecule has 4 nitrogen and oxygen atoms in total. The summed E-state index contributed by atoms with van der Waals surface area (Å²) in [5, 5.41) is 0. The molecule has 1 heterocycles. The Hall–Kier alpha value is -1.32. The number of hydrogen-bond acceptors (Lipinski definition) is 3. The monoisotopic (exact) mass is 193 g/mol. The molecule has 2 rings (SSSR count). The molecule has 1 fully saturated rings. The number of rotatable bonds is 3. The molecule has 0 bridgehead atoms. The molecule has 1 aromatic rings. The maximum absolute atomic E-state index is 11.3. The van der Waals surface area contributed by atoms with Gasteiger partial charge in [-0.2, -0.15) is 0 Å². The summed E-state index contributed by atoms with van der Waals surface area (Å²) in [4.78, 5) is 20.5. The quantitative estimate of drug-likeness (QED) is 0.782. The van der Waals surface area contributed by atoms with Crippen LogP contribution < -0.4 is 10.5 Å². The minimum Gasteiger partial charge on any atom is -0.360 e. The van der Waals surface area contributed by atoms with E-state index in [1.165, 1.54) is 0 Å². The highest BCUT2D eigenvalue weighted by molar-refractivity contribution is 5.36. The lowest BCUT2D eigenvalue weighted by atomic mass is 10.4. The standard InChI is InChI=1S/C10H15N3O/c1-3-13(2)8-6-9(14)12-10(11-8)7-4-5-7/h6-7H,3-5H2,1-2H3,(H,11,12,14).